The Morgan fingerprint density at radius 2 is 1.92 bits per heavy atom. The molecule has 0 saturated heterocycles. The minimum absolute atomic E-state index is 0.0685. The lowest BCUT2D eigenvalue weighted by molar-refractivity contribution is -0.384. The topological polar surface area (TPSA) is 119 Å². The molecule has 2 aromatic rings. The van der Waals surface area contributed by atoms with Crippen LogP contribution in [0.15, 0.2) is 42.5 Å². The molecule has 8 heteroatoms. The fraction of sp³-hybridized carbons (Fsp3) is 0.125. The van der Waals surface area contributed by atoms with Crippen LogP contribution in [0, 0.1) is 10.1 Å². The van der Waals surface area contributed by atoms with E-state index in [9.17, 15) is 24.8 Å². The molecule has 0 radical (unpaired) electrons. The van der Waals surface area contributed by atoms with E-state index in [2.05, 4.69) is 5.32 Å². The molecular weight excluding hydrogens is 316 g/mol. The lowest BCUT2D eigenvalue weighted by Gasteiger charge is -2.12. The number of rotatable bonds is 6. The summed E-state index contributed by atoms with van der Waals surface area (Å²) in [4.78, 5) is 33.9. The van der Waals surface area contributed by atoms with Gasteiger partial charge in [0.2, 0.25) is 0 Å². The Bertz CT molecular complexity index is 753. The van der Waals surface area contributed by atoms with E-state index in [1.807, 2.05) is 0 Å². The van der Waals surface area contributed by atoms with Gasteiger partial charge in [0.1, 0.15) is 5.69 Å². The van der Waals surface area contributed by atoms with Crippen LogP contribution in [0.1, 0.15) is 27.6 Å². The maximum Gasteiger partial charge on any atom is 0.338 e. The van der Waals surface area contributed by atoms with Crippen molar-refractivity contribution in [1.82, 2.24) is 0 Å². The number of ether oxygens (including phenoxy) is 1. The highest BCUT2D eigenvalue weighted by Gasteiger charge is 2.26. The van der Waals surface area contributed by atoms with E-state index in [1.165, 1.54) is 0 Å². The molecule has 2 aromatic carbocycles. The first-order valence-corrected chi connectivity index (χ1v) is 6.99. The number of benzene rings is 2. The SMILES string of the molecule is CCOC(=O)c1cc(C(=O)O)c(Nc2ccccc2)c([N+](=O)[O-])c1. The van der Waals surface area contributed by atoms with Crippen molar-refractivity contribution in [3.8, 4) is 0 Å². The van der Waals surface area contributed by atoms with Crippen LogP contribution in [-0.4, -0.2) is 28.6 Å². The number of carboxylic acids is 1. The van der Waals surface area contributed by atoms with Crippen LogP contribution in [0.4, 0.5) is 17.1 Å². The number of nitro groups is 1. The van der Waals surface area contributed by atoms with Gasteiger partial charge >= 0.3 is 11.9 Å². The summed E-state index contributed by atoms with van der Waals surface area (Å²) in [5.74, 6) is -2.22. The van der Waals surface area contributed by atoms with Gasteiger partial charge in [-0.1, -0.05) is 18.2 Å². The van der Waals surface area contributed by atoms with E-state index < -0.39 is 28.1 Å². The minimum Gasteiger partial charge on any atom is -0.478 e. The minimum atomic E-state index is -1.40. The summed E-state index contributed by atoms with van der Waals surface area (Å²) in [6, 6.07) is 10.5. The number of hydrogen-bond donors (Lipinski definition) is 2. The first kappa shape index (κ1) is 16.9. The summed E-state index contributed by atoms with van der Waals surface area (Å²) in [7, 11) is 0. The number of hydrogen-bond acceptors (Lipinski definition) is 6. The fourth-order valence-corrected chi connectivity index (χ4v) is 2.07. The Hall–Kier alpha value is -3.42. The third kappa shape index (κ3) is 3.67. The van der Waals surface area contributed by atoms with Crippen molar-refractivity contribution in [2.75, 3.05) is 11.9 Å². The number of carbonyl (C=O) groups is 2. The number of nitrogens with one attached hydrogen (secondary N) is 1. The smallest absolute Gasteiger partial charge is 0.338 e. The van der Waals surface area contributed by atoms with E-state index in [1.54, 1.807) is 37.3 Å². The van der Waals surface area contributed by atoms with E-state index in [0.29, 0.717) is 5.69 Å². The third-order valence-electron chi connectivity index (χ3n) is 3.10. The highest BCUT2D eigenvalue weighted by Crippen LogP contribution is 2.33. The molecule has 0 aliphatic carbocycles. The molecule has 124 valence electrons. The van der Waals surface area contributed by atoms with E-state index in [-0.39, 0.29) is 17.9 Å². The first-order chi connectivity index (χ1) is 11.4. The number of esters is 1. The second-order valence-corrected chi connectivity index (χ2v) is 4.69. The Morgan fingerprint density at radius 3 is 2.46 bits per heavy atom. The molecule has 0 saturated carbocycles. The molecule has 0 atom stereocenters. The zero-order valence-electron chi connectivity index (χ0n) is 12.7. The third-order valence-corrected chi connectivity index (χ3v) is 3.10. The van der Waals surface area contributed by atoms with Crippen LogP contribution in [0.2, 0.25) is 0 Å². The summed E-state index contributed by atoms with van der Waals surface area (Å²) in [6.45, 7) is 1.65. The van der Waals surface area contributed by atoms with Crippen molar-refractivity contribution < 1.29 is 24.4 Å². The van der Waals surface area contributed by atoms with Crippen molar-refractivity contribution in [1.29, 1.82) is 0 Å². The molecule has 0 aliphatic rings. The highest BCUT2D eigenvalue weighted by molar-refractivity contribution is 6.02. The predicted octanol–water partition coefficient (Wildman–Crippen LogP) is 3.21. The Morgan fingerprint density at radius 1 is 1.25 bits per heavy atom. The number of carboxylic acid groups (broad SMARTS) is 1. The van der Waals surface area contributed by atoms with Crippen molar-refractivity contribution in [2.24, 2.45) is 0 Å². The fourth-order valence-electron chi connectivity index (χ4n) is 2.07. The Balaban J connectivity index is 2.60. The van der Waals surface area contributed by atoms with Gasteiger partial charge in [-0.05, 0) is 25.1 Å². The average molecular weight is 330 g/mol. The number of nitro benzene ring substituents is 1. The monoisotopic (exact) mass is 330 g/mol. The molecule has 0 bridgehead atoms. The Labute approximate surface area is 136 Å². The van der Waals surface area contributed by atoms with Crippen LogP contribution >= 0.6 is 0 Å². The number of carbonyl (C=O) groups excluding carboxylic acids is 1. The summed E-state index contributed by atoms with van der Waals surface area (Å²) in [5.41, 5.74) is -0.837. The molecule has 0 amide bonds. The van der Waals surface area contributed by atoms with E-state index in [0.717, 1.165) is 12.1 Å². The van der Waals surface area contributed by atoms with Gasteiger partial charge in [0.15, 0.2) is 0 Å². The molecule has 0 aromatic heterocycles. The quantitative estimate of drug-likeness (QED) is 0.474. The second-order valence-electron chi connectivity index (χ2n) is 4.69. The van der Waals surface area contributed by atoms with E-state index >= 15 is 0 Å². The zero-order valence-corrected chi connectivity index (χ0v) is 12.7. The second kappa shape index (κ2) is 7.23. The normalized spacial score (nSPS) is 10.0. The standard InChI is InChI=1S/C16H14N2O6/c1-2-24-16(21)10-8-12(15(19)20)14(13(9-10)18(22)23)17-11-6-4-3-5-7-11/h3-9,17H,2H2,1H3,(H,19,20). The van der Waals surface area contributed by atoms with Crippen LogP contribution in [0.3, 0.4) is 0 Å². The number of para-hydroxylation sites is 1. The molecule has 0 heterocycles. The van der Waals surface area contributed by atoms with Crippen LogP contribution in [0.5, 0.6) is 0 Å². The molecule has 8 nitrogen and oxygen atoms in total. The zero-order chi connectivity index (χ0) is 17.7. The molecule has 0 fully saturated rings. The molecular formula is C16H14N2O6. The lowest BCUT2D eigenvalue weighted by Crippen LogP contribution is -2.11. The number of nitrogens with zero attached hydrogens (tertiary/aromatic N) is 1. The van der Waals surface area contributed by atoms with Crippen molar-refractivity contribution in [2.45, 2.75) is 6.92 Å². The summed E-state index contributed by atoms with van der Waals surface area (Å²) in [5, 5.41) is 23.4. The maximum atomic E-state index is 11.8. The van der Waals surface area contributed by atoms with Gasteiger partial charge in [0, 0.05) is 11.8 Å². The molecule has 2 N–H and O–H groups in total. The van der Waals surface area contributed by atoms with Crippen LogP contribution < -0.4 is 5.32 Å². The summed E-state index contributed by atoms with van der Waals surface area (Å²) in [6.07, 6.45) is 0. The van der Waals surface area contributed by atoms with Crippen molar-refractivity contribution in [3.63, 3.8) is 0 Å². The van der Waals surface area contributed by atoms with Crippen molar-refractivity contribution >= 4 is 29.0 Å². The predicted molar refractivity (Wildman–Crippen MR) is 85.7 cm³/mol. The van der Waals surface area contributed by atoms with Crippen LogP contribution in [0.25, 0.3) is 0 Å². The number of anilines is 2. The van der Waals surface area contributed by atoms with Gasteiger partial charge in [-0.15, -0.1) is 0 Å². The largest absolute Gasteiger partial charge is 0.478 e. The van der Waals surface area contributed by atoms with Crippen molar-refractivity contribution in [3.05, 3.63) is 63.7 Å². The average Bonchev–Trinajstić information content (AvgIpc) is 2.55. The van der Waals surface area contributed by atoms with Gasteiger partial charge in [-0.3, -0.25) is 10.1 Å². The van der Waals surface area contributed by atoms with Gasteiger partial charge in [0.05, 0.1) is 22.7 Å². The van der Waals surface area contributed by atoms with Crippen LogP contribution in [-0.2, 0) is 4.74 Å². The van der Waals surface area contributed by atoms with Gasteiger partial charge in [-0.25, -0.2) is 9.59 Å². The summed E-state index contributed by atoms with van der Waals surface area (Å²) >= 11 is 0. The highest BCUT2D eigenvalue weighted by atomic mass is 16.6. The first-order valence-electron chi connectivity index (χ1n) is 6.99. The van der Waals surface area contributed by atoms with Gasteiger partial charge in [0.25, 0.3) is 5.69 Å². The molecule has 0 aliphatic heterocycles. The van der Waals surface area contributed by atoms with Gasteiger partial charge < -0.3 is 15.2 Å². The summed E-state index contributed by atoms with van der Waals surface area (Å²) < 4.78 is 4.78. The Kier molecular flexibility index (Phi) is 5.10. The molecule has 24 heavy (non-hydrogen) atoms. The molecule has 2 rings (SSSR count). The van der Waals surface area contributed by atoms with E-state index in [4.69, 9.17) is 4.74 Å². The molecule has 0 spiro atoms. The van der Waals surface area contributed by atoms with Gasteiger partial charge in [-0.2, -0.15) is 0 Å². The number of aromatic carboxylic acids is 1. The maximum absolute atomic E-state index is 11.8. The lowest BCUT2D eigenvalue weighted by atomic mass is 10.1. The molecule has 0 unspecified atom stereocenters.